The molecule has 5 heterocycles. The normalized spacial score (nSPS) is 31.4. The third-order valence-corrected chi connectivity index (χ3v) is 7.39. The lowest BCUT2D eigenvalue weighted by Crippen LogP contribution is -2.54. The number of furan rings is 1. The Morgan fingerprint density at radius 3 is 3.07 bits per heavy atom. The van der Waals surface area contributed by atoms with Crippen LogP contribution in [0.5, 0.6) is 0 Å². The van der Waals surface area contributed by atoms with Crippen molar-refractivity contribution in [1.82, 2.24) is 15.1 Å². The fourth-order valence-corrected chi connectivity index (χ4v) is 5.92. The Balaban J connectivity index is 1.39. The molecule has 0 aliphatic carbocycles. The molecule has 1 amide bonds. The van der Waals surface area contributed by atoms with E-state index in [1.807, 2.05) is 17.2 Å². The highest BCUT2D eigenvalue weighted by molar-refractivity contribution is 7.97. The maximum Gasteiger partial charge on any atom is 0.289 e. The number of carbonyl (C=O) groups excluding carboxylic acids is 1. The first-order valence-electron chi connectivity index (χ1n) is 9.30. The molecule has 3 aliphatic heterocycles. The first-order chi connectivity index (χ1) is 13.6. The standard InChI is InChI=1S/C18H22N4O4S2/c1-27-7-11-2-3-14(25-11)16(24)21-4-13-12(6-23)15-5-22(17-20-19-10-28-17)9-18(13,8-21)26-15/h2-3,10,12-13,15,23H,4-9H2,1H3/t12-,13+,15+,18-/m0/s1. The van der Waals surface area contributed by atoms with Crippen LogP contribution in [-0.4, -0.2) is 76.9 Å². The number of fused-ring (bicyclic) bond motifs is 1. The van der Waals surface area contributed by atoms with E-state index in [0.29, 0.717) is 31.9 Å². The summed E-state index contributed by atoms with van der Waals surface area (Å²) in [6.07, 6.45) is 1.95. The zero-order valence-corrected chi connectivity index (χ0v) is 17.1. The van der Waals surface area contributed by atoms with Crippen molar-refractivity contribution in [3.8, 4) is 0 Å². The zero-order valence-electron chi connectivity index (χ0n) is 15.5. The highest BCUT2D eigenvalue weighted by Crippen LogP contribution is 2.50. The first kappa shape index (κ1) is 18.4. The molecular formula is C18H22N4O4S2. The van der Waals surface area contributed by atoms with Crippen molar-refractivity contribution in [3.05, 3.63) is 29.2 Å². The van der Waals surface area contributed by atoms with Crippen molar-refractivity contribution in [2.45, 2.75) is 17.5 Å². The predicted octanol–water partition coefficient (Wildman–Crippen LogP) is 1.33. The van der Waals surface area contributed by atoms with Gasteiger partial charge in [0.2, 0.25) is 5.13 Å². The van der Waals surface area contributed by atoms with Gasteiger partial charge in [-0.3, -0.25) is 4.79 Å². The van der Waals surface area contributed by atoms with Gasteiger partial charge in [-0.25, -0.2) is 0 Å². The van der Waals surface area contributed by atoms with E-state index in [1.165, 1.54) is 11.3 Å². The molecule has 0 radical (unpaired) electrons. The highest BCUT2D eigenvalue weighted by Gasteiger charge is 2.63. The number of ether oxygens (including phenoxy) is 1. The van der Waals surface area contributed by atoms with Crippen LogP contribution in [0.15, 0.2) is 22.1 Å². The van der Waals surface area contributed by atoms with E-state index in [4.69, 9.17) is 9.15 Å². The fraction of sp³-hybridized carbons (Fsp3) is 0.611. The molecule has 1 spiro atoms. The molecule has 0 saturated carbocycles. The molecule has 1 N–H and O–H groups in total. The number of hydrogen-bond acceptors (Lipinski definition) is 9. The SMILES string of the molecule is CSCc1ccc(C(=O)N2C[C@@H]3[C@H](CO)[C@H]4CN(c5nncs5)C[C@]3(C2)O4)o1. The molecule has 0 aromatic carbocycles. The molecule has 4 atom stereocenters. The van der Waals surface area contributed by atoms with Crippen molar-refractivity contribution in [2.75, 3.05) is 43.9 Å². The Morgan fingerprint density at radius 2 is 2.32 bits per heavy atom. The number of nitrogens with zero attached hydrogens (tertiary/aromatic N) is 4. The third-order valence-electron chi connectivity index (χ3n) is 6.07. The summed E-state index contributed by atoms with van der Waals surface area (Å²) < 4.78 is 12.2. The number of likely N-dealkylation sites (tertiary alicyclic amines) is 1. The molecule has 2 aromatic heterocycles. The van der Waals surface area contributed by atoms with E-state index >= 15 is 0 Å². The lowest BCUT2D eigenvalue weighted by atomic mass is 9.83. The van der Waals surface area contributed by atoms with Crippen molar-refractivity contribution < 1.29 is 19.1 Å². The van der Waals surface area contributed by atoms with E-state index in [2.05, 4.69) is 15.1 Å². The van der Waals surface area contributed by atoms with Gasteiger partial charge in [-0.2, -0.15) is 11.8 Å². The van der Waals surface area contributed by atoms with Gasteiger partial charge in [0.05, 0.1) is 24.9 Å². The Kier molecular flexibility index (Phi) is 4.61. The second-order valence-electron chi connectivity index (χ2n) is 7.66. The van der Waals surface area contributed by atoms with Crippen molar-refractivity contribution in [1.29, 1.82) is 0 Å². The van der Waals surface area contributed by atoms with Gasteiger partial charge in [-0.15, -0.1) is 10.2 Å². The molecule has 8 nitrogen and oxygen atoms in total. The van der Waals surface area contributed by atoms with Crippen LogP contribution in [-0.2, 0) is 10.5 Å². The van der Waals surface area contributed by atoms with Gasteiger partial charge in [0.25, 0.3) is 5.91 Å². The summed E-state index contributed by atoms with van der Waals surface area (Å²) in [6.45, 7) is 2.48. The minimum absolute atomic E-state index is 0.0133. The molecule has 10 heteroatoms. The van der Waals surface area contributed by atoms with Crippen LogP contribution in [0.4, 0.5) is 5.13 Å². The third kappa shape index (κ3) is 2.85. The molecule has 28 heavy (non-hydrogen) atoms. The molecule has 3 saturated heterocycles. The molecule has 2 aromatic rings. The maximum atomic E-state index is 13.0. The quantitative estimate of drug-likeness (QED) is 0.772. The molecular weight excluding hydrogens is 400 g/mol. The van der Waals surface area contributed by atoms with Crippen LogP contribution in [0.2, 0.25) is 0 Å². The second-order valence-corrected chi connectivity index (χ2v) is 9.34. The summed E-state index contributed by atoms with van der Waals surface area (Å²) in [7, 11) is 0. The Hall–Kier alpha value is -1.62. The number of hydrogen-bond donors (Lipinski definition) is 1. The lowest BCUT2D eigenvalue weighted by Gasteiger charge is -2.40. The number of anilines is 1. The van der Waals surface area contributed by atoms with Gasteiger partial charge < -0.3 is 24.1 Å². The molecule has 150 valence electrons. The van der Waals surface area contributed by atoms with E-state index < -0.39 is 5.60 Å². The average Bonchev–Trinajstić information content (AvgIpc) is 3.45. The summed E-state index contributed by atoms with van der Waals surface area (Å²) in [5.41, 5.74) is 1.24. The van der Waals surface area contributed by atoms with Crippen LogP contribution in [0.1, 0.15) is 16.3 Å². The first-order valence-corrected chi connectivity index (χ1v) is 11.6. The number of rotatable bonds is 5. The van der Waals surface area contributed by atoms with Crippen molar-refractivity contribution in [2.24, 2.45) is 11.8 Å². The number of thioether (sulfide) groups is 1. The maximum absolute atomic E-state index is 13.0. The van der Waals surface area contributed by atoms with Gasteiger partial charge in [-0.05, 0) is 18.4 Å². The van der Waals surface area contributed by atoms with Crippen molar-refractivity contribution in [3.63, 3.8) is 0 Å². The van der Waals surface area contributed by atoms with Crippen LogP contribution >= 0.6 is 23.1 Å². The Labute approximate surface area is 170 Å². The average molecular weight is 423 g/mol. The number of aliphatic hydroxyl groups is 1. The van der Waals surface area contributed by atoms with Gasteiger partial charge in [0.15, 0.2) is 5.76 Å². The van der Waals surface area contributed by atoms with Gasteiger partial charge in [0.1, 0.15) is 16.9 Å². The van der Waals surface area contributed by atoms with Crippen LogP contribution in [0.25, 0.3) is 0 Å². The molecule has 3 fully saturated rings. The monoisotopic (exact) mass is 422 g/mol. The topological polar surface area (TPSA) is 91.9 Å². The van der Waals surface area contributed by atoms with Crippen molar-refractivity contribution >= 4 is 34.1 Å². The van der Waals surface area contributed by atoms with Gasteiger partial charge >= 0.3 is 0 Å². The van der Waals surface area contributed by atoms with E-state index in [1.54, 1.807) is 23.3 Å². The van der Waals surface area contributed by atoms with E-state index in [0.717, 1.165) is 16.6 Å². The predicted molar refractivity (Wildman–Crippen MR) is 106 cm³/mol. The summed E-state index contributed by atoms with van der Waals surface area (Å²) in [5, 5.41) is 19.0. The molecule has 3 aliphatic rings. The summed E-state index contributed by atoms with van der Waals surface area (Å²) in [5.74, 6) is 1.92. The zero-order chi connectivity index (χ0) is 19.3. The van der Waals surface area contributed by atoms with Gasteiger partial charge in [-0.1, -0.05) is 11.3 Å². The molecule has 2 bridgehead atoms. The summed E-state index contributed by atoms with van der Waals surface area (Å²) in [4.78, 5) is 17.0. The smallest absolute Gasteiger partial charge is 0.289 e. The lowest BCUT2D eigenvalue weighted by molar-refractivity contribution is -0.0626. The second kappa shape index (κ2) is 7.01. The highest BCUT2D eigenvalue weighted by atomic mass is 32.2. The minimum atomic E-state index is -0.480. The van der Waals surface area contributed by atoms with E-state index in [9.17, 15) is 9.90 Å². The van der Waals surface area contributed by atoms with Crippen LogP contribution in [0, 0.1) is 11.8 Å². The number of aliphatic hydroxyl groups excluding tert-OH is 1. The number of amides is 1. The number of aromatic nitrogens is 2. The summed E-state index contributed by atoms with van der Waals surface area (Å²) in [6, 6.07) is 3.61. The number of morpholine rings is 1. The summed E-state index contributed by atoms with van der Waals surface area (Å²) >= 11 is 3.16. The Morgan fingerprint density at radius 1 is 1.43 bits per heavy atom. The largest absolute Gasteiger partial charge is 0.455 e. The van der Waals surface area contributed by atoms with Gasteiger partial charge in [0, 0.05) is 31.5 Å². The van der Waals surface area contributed by atoms with Crippen LogP contribution < -0.4 is 4.90 Å². The minimum Gasteiger partial charge on any atom is -0.455 e. The van der Waals surface area contributed by atoms with Crippen LogP contribution in [0.3, 0.4) is 0 Å². The molecule has 0 unspecified atom stereocenters. The number of carbonyl (C=O) groups is 1. The van der Waals surface area contributed by atoms with E-state index in [-0.39, 0.29) is 30.5 Å². The fourth-order valence-electron chi connectivity index (χ4n) is 4.91. The molecule has 5 rings (SSSR count). The Bertz CT molecular complexity index is 860.